The van der Waals surface area contributed by atoms with Gasteiger partial charge in [-0.2, -0.15) is 0 Å². The first kappa shape index (κ1) is 22.2. The first-order valence-electron chi connectivity index (χ1n) is 9.09. The SMILES string of the molecule is CCCCCCCC[C@@H](O)[C@H](O)[C@H](O)C[S+]1C[C@@H](O)[C@H](O)[C@H]1CO. The highest BCUT2D eigenvalue weighted by atomic mass is 32.2. The summed E-state index contributed by atoms with van der Waals surface area (Å²) in [5.74, 6) is 0.484. The van der Waals surface area contributed by atoms with Gasteiger partial charge in [0.05, 0.1) is 12.7 Å². The van der Waals surface area contributed by atoms with Crippen molar-refractivity contribution in [2.24, 2.45) is 0 Å². The Hall–Kier alpha value is 0.110. The van der Waals surface area contributed by atoms with Gasteiger partial charge < -0.3 is 30.6 Å². The molecule has 0 saturated carbocycles. The topological polar surface area (TPSA) is 121 Å². The summed E-state index contributed by atoms with van der Waals surface area (Å²) >= 11 is 0. The van der Waals surface area contributed by atoms with Crippen molar-refractivity contribution in [2.75, 3.05) is 18.1 Å². The zero-order chi connectivity index (χ0) is 18.1. The van der Waals surface area contributed by atoms with Crippen LogP contribution >= 0.6 is 0 Å². The summed E-state index contributed by atoms with van der Waals surface area (Å²) in [6.07, 6.45) is 1.78. The van der Waals surface area contributed by atoms with Crippen LogP contribution in [0.25, 0.3) is 0 Å². The highest BCUT2D eigenvalue weighted by molar-refractivity contribution is 7.97. The number of hydrogen-bond acceptors (Lipinski definition) is 6. The van der Waals surface area contributed by atoms with Crippen molar-refractivity contribution < 1.29 is 30.6 Å². The van der Waals surface area contributed by atoms with E-state index in [4.69, 9.17) is 0 Å². The van der Waals surface area contributed by atoms with Crippen molar-refractivity contribution in [1.82, 2.24) is 0 Å². The molecule has 0 amide bonds. The third kappa shape index (κ3) is 6.78. The maximum atomic E-state index is 10.2. The fourth-order valence-corrected chi connectivity index (χ4v) is 5.86. The van der Waals surface area contributed by atoms with E-state index in [0.29, 0.717) is 12.2 Å². The summed E-state index contributed by atoms with van der Waals surface area (Å²) < 4.78 is 0. The van der Waals surface area contributed by atoms with E-state index < -0.39 is 46.7 Å². The summed E-state index contributed by atoms with van der Waals surface area (Å²) in [5.41, 5.74) is 0. The van der Waals surface area contributed by atoms with Gasteiger partial charge in [-0.15, -0.1) is 0 Å². The lowest BCUT2D eigenvalue weighted by molar-refractivity contribution is -0.0535. The monoisotopic (exact) mass is 367 g/mol. The maximum Gasteiger partial charge on any atom is 0.169 e. The minimum absolute atomic E-state index is 0.175. The molecule has 144 valence electrons. The fourth-order valence-electron chi connectivity index (χ4n) is 3.17. The molecule has 1 rings (SSSR count). The molecule has 7 heteroatoms. The molecule has 1 saturated heterocycles. The van der Waals surface area contributed by atoms with Gasteiger partial charge in [-0.25, -0.2) is 0 Å². The van der Waals surface area contributed by atoms with Crippen molar-refractivity contribution in [3.05, 3.63) is 0 Å². The molecule has 1 unspecified atom stereocenters. The molecule has 24 heavy (non-hydrogen) atoms. The second-order valence-electron chi connectivity index (χ2n) is 6.83. The van der Waals surface area contributed by atoms with Crippen LogP contribution in [0.15, 0.2) is 0 Å². The summed E-state index contributed by atoms with van der Waals surface area (Å²) in [6.45, 7) is 1.90. The summed E-state index contributed by atoms with van der Waals surface area (Å²) in [6, 6.07) is 0. The summed E-state index contributed by atoms with van der Waals surface area (Å²) in [7, 11) is -0.575. The molecule has 0 aliphatic carbocycles. The smallest absolute Gasteiger partial charge is 0.169 e. The minimum Gasteiger partial charge on any atom is -0.391 e. The van der Waals surface area contributed by atoms with Crippen LogP contribution in [0.5, 0.6) is 0 Å². The van der Waals surface area contributed by atoms with Crippen LogP contribution in [0.4, 0.5) is 0 Å². The molecule has 1 heterocycles. The number of hydrogen-bond donors (Lipinski definition) is 6. The third-order valence-electron chi connectivity index (χ3n) is 4.79. The molecular weight excluding hydrogens is 332 g/mol. The van der Waals surface area contributed by atoms with Crippen LogP contribution in [-0.2, 0) is 10.9 Å². The van der Waals surface area contributed by atoms with Gasteiger partial charge in [0.15, 0.2) is 5.25 Å². The summed E-state index contributed by atoms with van der Waals surface area (Å²) in [4.78, 5) is 0. The minimum atomic E-state index is -1.23. The van der Waals surface area contributed by atoms with Crippen LogP contribution in [0, 0.1) is 0 Å². The lowest BCUT2D eigenvalue weighted by Gasteiger charge is -2.23. The fraction of sp³-hybridized carbons (Fsp3) is 1.00. The average molecular weight is 368 g/mol. The van der Waals surface area contributed by atoms with E-state index in [0.717, 1.165) is 19.3 Å². The second-order valence-corrected chi connectivity index (χ2v) is 9.18. The van der Waals surface area contributed by atoms with Gasteiger partial charge in [0, 0.05) is 10.9 Å². The number of rotatable bonds is 12. The molecule has 0 spiro atoms. The van der Waals surface area contributed by atoms with E-state index in [1.54, 1.807) is 0 Å². The van der Waals surface area contributed by atoms with Gasteiger partial charge in [0.25, 0.3) is 0 Å². The molecule has 0 aromatic carbocycles. The first-order chi connectivity index (χ1) is 11.4. The molecular formula is C17H35O6S+. The molecule has 6 nitrogen and oxygen atoms in total. The van der Waals surface area contributed by atoms with E-state index in [1.807, 2.05) is 0 Å². The Morgan fingerprint density at radius 2 is 1.58 bits per heavy atom. The molecule has 0 radical (unpaired) electrons. The molecule has 1 aliphatic rings. The predicted molar refractivity (Wildman–Crippen MR) is 96.0 cm³/mol. The Bertz CT molecular complexity index is 332. The van der Waals surface area contributed by atoms with Crippen molar-refractivity contribution in [3.63, 3.8) is 0 Å². The second kappa shape index (κ2) is 11.7. The summed E-state index contributed by atoms with van der Waals surface area (Å²) in [5, 5.41) is 58.6. The van der Waals surface area contributed by atoms with Crippen LogP contribution in [0.3, 0.4) is 0 Å². The Labute approximate surface area is 147 Å². The van der Waals surface area contributed by atoms with Crippen LogP contribution in [0.2, 0.25) is 0 Å². The molecule has 0 bridgehead atoms. The number of aliphatic hydroxyl groups is 6. The van der Waals surface area contributed by atoms with Gasteiger partial charge in [0.1, 0.15) is 35.9 Å². The van der Waals surface area contributed by atoms with Gasteiger partial charge in [-0.05, 0) is 6.42 Å². The van der Waals surface area contributed by atoms with Gasteiger partial charge in [-0.1, -0.05) is 45.4 Å². The lowest BCUT2D eigenvalue weighted by atomic mass is 10.0. The van der Waals surface area contributed by atoms with Gasteiger partial charge in [-0.3, -0.25) is 0 Å². The molecule has 1 aliphatic heterocycles. The van der Waals surface area contributed by atoms with E-state index >= 15 is 0 Å². The average Bonchev–Trinajstić information content (AvgIpc) is 2.83. The quantitative estimate of drug-likeness (QED) is 0.205. The normalized spacial score (nSPS) is 31.1. The molecule has 1 fully saturated rings. The lowest BCUT2D eigenvalue weighted by Crippen LogP contribution is -2.44. The molecule has 0 aromatic rings. The highest BCUT2D eigenvalue weighted by Gasteiger charge is 2.50. The Kier molecular flexibility index (Phi) is 10.8. The van der Waals surface area contributed by atoms with E-state index in [1.165, 1.54) is 19.3 Å². The standard InChI is InChI=1S/C17H35O6S/c1-2-3-4-5-6-7-8-12(19)16(22)13(20)10-24-11-14(21)17(23)15(24)9-18/h12-23H,2-11H2,1H3/q+1/t12-,13-,14-,15-,16+,17+,24?/m1/s1. The molecule has 0 aromatic heterocycles. The largest absolute Gasteiger partial charge is 0.391 e. The number of aliphatic hydroxyl groups excluding tert-OH is 6. The number of unbranched alkanes of at least 4 members (excludes halogenated alkanes) is 5. The Morgan fingerprint density at radius 1 is 0.958 bits per heavy atom. The van der Waals surface area contributed by atoms with Crippen LogP contribution in [-0.4, -0.2) is 84.5 Å². The van der Waals surface area contributed by atoms with Crippen LogP contribution in [0.1, 0.15) is 51.9 Å². The van der Waals surface area contributed by atoms with E-state index in [-0.39, 0.29) is 12.4 Å². The van der Waals surface area contributed by atoms with Crippen molar-refractivity contribution in [1.29, 1.82) is 0 Å². The Morgan fingerprint density at radius 3 is 2.21 bits per heavy atom. The molecule has 6 N–H and O–H groups in total. The predicted octanol–water partition coefficient (Wildman–Crippen LogP) is -0.466. The molecule has 7 atom stereocenters. The maximum absolute atomic E-state index is 10.2. The Balaban J connectivity index is 2.31. The zero-order valence-corrected chi connectivity index (χ0v) is 15.4. The van der Waals surface area contributed by atoms with Gasteiger partial charge >= 0.3 is 0 Å². The van der Waals surface area contributed by atoms with Gasteiger partial charge in [0.2, 0.25) is 0 Å². The van der Waals surface area contributed by atoms with Crippen molar-refractivity contribution >= 4 is 10.9 Å². The van der Waals surface area contributed by atoms with E-state index in [9.17, 15) is 30.6 Å². The van der Waals surface area contributed by atoms with Crippen molar-refractivity contribution in [3.8, 4) is 0 Å². The van der Waals surface area contributed by atoms with Crippen LogP contribution < -0.4 is 0 Å². The third-order valence-corrected chi connectivity index (χ3v) is 7.62. The van der Waals surface area contributed by atoms with Crippen molar-refractivity contribution in [2.45, 2.75) is 87.6 Å². The highest BCUT2D eigenvalue weighted by Crippen LogP contribution is 2.25. The first-order valence-corrected chi connectivity index (χ1v) is 10.7. The zero-order valence-electron chi connectivity index (χ0n) is 14.6. The van der Waals surface area contributed by atoms with E-state index in [2.05, 4.69) is 6.92 Å².